The molecule has 10 heteroatoms. The lowest BCUT2D eigenvalue weighted by Crippen LogP contribution is -2.75. The minimum atomic E-state index is -1.48. The molecule has 0 spiro atoms. The summed E-state index contributed by atoms with van der Waals surface area (Å²) in [4.78, 5) is 31.1. The lowest BCUT2D eigenvalue weighted by atomic mass is 9.87. The van der Waals surface area contributed by atoms with Gasteiger partial charge in [0.15, 0.2) is 5.75 Å². The van der Waals surface area contributed by atoms with Crippen LogP contribution in [0.25, 0.3) is 0 Å². The van der Waals surface area contributed by atoms with E-state index < -0.39 is 11.6 Å². The third-order valence-corrected chi connectivity index (χ3v) is 6.08. The normalized spacial score (nSPS) is 23.2. The molecule has 3 aliphatic heterocycles. The van der Waals surface area contributed by atoms with Crippen LogP contribution in [0.3, 0.4) is 0 Å². The molecule has 2 saturated heterocycles. The van der Waals surface area contributed by atoms with Crippen LogP contribution in [0.1, 0.15) is 10.4 Å². The Kier molecular flexibility index (Phi) is 5.52. The van der Waals surface area contributed by atoms with Crippen molar-refractivity contribution >= 4 is 40.6 Å². The summed E-state index contributed by atoms with van der Waals surface area (Å²) in [5.41, 5.74) is -0.981. The van der Waals surface area contributed by atoms with E-state index in [0.717, 1.165) is 0 Å². The van der Waals surface area contributed by atoms with Crippen molar-refractivity contribution in [2.45, 2.75) is 5.66 Å². The summed E-state index contributed by atoms with van der Waals surface area (Å²) in [6.07, 6.45) is 0. The number of carbonyl (C=O) groups excluding carboxylic acids is 2. The van der Waals surface area contributed by atoms with Gasteiger partial charge in [-0.25, -0.2) is 0 Å². The quantitative estimate of drug-likeness (QED) is 0.729. The van der Waals surface area contributed by atoms with Crippen molar-refractivity contribution in [3.63, 3.8) is 0 Å². The van der Waals surface area contributed by atoms with Gasteiger partial charge < -0.3 is 19.5 Å². The first-order valence-corrected chi connectivity index (χ1v) is 9.85. The van der Waals surface area contributed by atoms with Crippen molar-refractivity contribution < 1.29 is 23.8 Å². The van der Waals surface area contributed by atoms with E-state index >= 15 is 0 Å². The molecule has 3 heterocycles. The maximum Gasteiger partial charge on any atom is 0.268 e. The van der Waals surface area contributed by atoms with Crippen LogP contribution in [-0.2, 0) is 14.3 Å². The third kappa shape index (κ3) is 2.91. The standard InChI is InChI=1S/C18H21Cl2N3O5/c1-26-15-12(19)10-11-14(13(15)20)21-17(25)18(16(11)24,22-2-6-27-7-3-22)23-4-8-28-9-5-23/h10H,2-9H2,1H3,(H,21,25). The molecule has 3 aliphatic rings. The number of methoxy groups -OCH3 is 1. The number of nitrogens with zero attached hydrogens (tertiary/aromatic N) is 2. The summed E-state index contributed by atoms with van der Waals surface area (Å²) < 4.78 is 16.1. The van der Waals surface area contributed by atoms with E-state index in [1.165, 1.54) is 13.2 Å². The van der Waals surface area contributed by atoms with Crippen LogP contribution in [0, 0.1) is 0 Å². The Morgan fingerprint density at radius 3 is 2.07 bits per heavy atom. The van der Waals surface area contributed by atoms with Crippen LogP contribution in [0.5, 0.6) is 5.75 Å². The lowest BCUT2D eigenvalue weighted by Gasteiger charge is -2.51. The van der Waals surface area contributed by atoms with E-state index in [-0.39, 0.29) is 32.8 Å². The minimum Gasteiger partial charge on any atom is -0.494 e. The van der Waals surface area contributed by atoms with Crippen molar-refractivity contribution in [2.75, 3.05) is 65.0 Å². The molecule has 1 aromatic rings. The Morgan fingerprint density at radius 2 is 1.57 bits per heavy atom. The molecule has 4 rings (SSSR count). The predicted octanol–water partition coefficient (Wildman–Crippen LogP) is 1.50. The third-order valence-electron chi connectivity index (χ3n) is 5.43. The Labute approximate surface area is 172 Å². The highest BCUT2D eigenvalue weighted by Gasteiger charge is 2.59. The van der Waals surface area contributed by atoms with Crippen molar-refractivity contribution in [3.05, 3.63) is 21.7 Å². The molecule has 0 atom stereocenters. The second-order valence-corrected chi connectivity index (χ2v) is 7.57. The monoisotopic (exact) mass is 429 g/mol. The molecule has 0 unspecified atom stereocenters. The number of anilines is 1. The summed E-state index contributed by atoms with van der Waals surface area (Å²) >= 11 is 12.7. The van der Waals surface area contributed by atoms with Crippen LogP contribution in [0.4, 0.5) is 5.69 Å². The molecule has 0 bridgehead atoms. The van der Waals surface area contributed by atoms with E-state index in [2.05, 4.69) is 5.32 Å². The average molecular weight is 430 g/mol. The maximum atomic E-state index is 13.9. The number of ether oxygens (including phenoxy) is 3. The number of ketones is 1. The number of benzene rings is 1. The topological polar surface area (TPSA) is 80.3 Å². The molecule has 1 amide bonds. The maximum absolute atomic E-state index is 13.9. The highest BCUT2D eigenvalue weighted by atomic mass is 35.5. The smallest absolute Gasteiger partial charge is 0.268 e. The number of amides is 1. The molecule has 0 saturated carbocycles. The molecule has 2 fully saturated rings. The number of nitrogens with one attached hydrogen (secondary N) is 1. The van der Waals surface area contributed by atoms with Gasteiger partial charge in [-0.1, -0.05) is 23.2 Å². The summed E-state index contributed by atoms with van der Waals surface area (Å²) in [5, 5.41) is 3.18. The molecule has 28 heavy (non-hydrogen) atoms. The van der Waals surface area contributed by atoms with Gasteiger partial charge in [-0.2, -0.15) is 0 Å². The number of Topliss-reactive ketones (excluding diaryl/α,β-unsaturated/α-hetero) is 1. The molecule has 152 valence electrons. The second kappa shape index (κ2) is 7.78. The van der Waals surface area contributed by atoms with Gasteiger partial charge in [0.05, 0.1) is 44.2 Å². The van der Waals surface area contributed by atoms with Crippen LogP contribution in [0.15, 0.2) is 6.07 Å². The summed E-state index contributed by atoms with van der Waals surface area (Å²) in [7, 11) is 1.43. The van der Waals surface area contributed by atoms with Gasteiger partial charge in [-0.15, -0.1) is 0 Å². The Hall–Kier alpha value is -1.42. The number of rotatable bonds is 3. The van der Waals surface area contributed by atoms with Gasteiger partial charge in [0.1, 0.15) is 5.02 Å². The van der Waals surface area contributed by atoms with Crippen LogP contribution in [0.2, 0.25) is 10.0 Å². The molecule has 0 radical (unpaired) electrons. The molecule has 8 nitrogen and oxygen atoms in total. The van der Waals surface area contributed by atoms with Gasteiger partial charge in [0.25, 0.3) is 5.91 Å². The van der Waals surface area contributed by atoms with E-state index in [0.29, 0.717) is 52.6 Å². The number of hydrogen-bond donors (Lipinski definition) is 1. The van der Waals surface area contributed by atoms with Crippen molar-refractivity contribution in [1.82, 2.24) is 9.80 Å². The average Bonchev–Trinajstić information content (AvgIpc) is 2.71. The summed E-state index contributed by atoms with van der Waals surface area (Å²) in [6, 6.07) is 1.51. The Morgan fingerprint density at radius 1 is 1.04 bits per heavy atom. The largest absolute Gasteiger partial charge is 0.494 e. The van der Waals surface area contributed by atoms with E-state index in [9.17, 15) is 9.59 Å². The predicted molar refractivity (Wildman–Crippen MR) is 103 cm³/mol. The second-order valence-electron chi connectivity index (χ2n) is 6.78. The Bertz CT molecular complexity index is 789. The highest BCUT2D eigenvalue weighted by Crippen LogP contribution is 2.45. The number of morpholine rings is 2. The zero-order chi connectivity index (χ0) is 19.9. The van der Waals surface area contributed by atoms with E-state index in [1.807, 2.05) is 9.80 Å². The van der Waals surface area contributed by atoms with Crippen molar-refractivity contribution in [1.29, 1.82) is 0 Å². The Balaban J connectivity index is 1.87. The van der Waals surface area contributed by atoms with Crippen LogP contribution >= 0.6 is 23.2 Å². The number of fused-ring (bicyclic) bond motifs is 1. The van der Waals surface area contributed by atoms with E-state index in [4.69, 9.17) is 37.4 Å². The van der Waals surface area contributed by atoms with Gasteiger partial charge in [0.2, 0.25) is 11.4 Å². The van der Waals surface area contributed by atoms with Gasteiger partial charge >= 0.3 is 0 Å². The summed E-state index contributed by atoms with van der Waals surface area (Å²) in [6.45, 7) is 3.64. The number of hydrogen-bond acceptors (Lipinski definition) is 7. The molecular formula is C18H21Cl2N3O5. The zero-order valence-corrected chi connectivity index (χ0v) is 16.9. The molecular weight excluding hydrogens is 409 g/mol. The minimum absolute atomic E-state index is 0.115. The van der Waals surface area contributed by atoms with E-state index in [1.54, 1.807) is 0 Å². The molecule has 0 aromatic heterocycles. The fourth-order valence-corrected chi connectivity index (χ4v) is 4.79. The van der Waals surface area contributed by atoms with Gasteiger partial charge in [0, 0.05) is 31.7 Å². The summed E-state index contributed by atoms with van der Waals surface area (Å²) in [5.74, 6) is -0.554. The lowest BCUT2D eigenvalue weighted by molar-refractivity contribution is -0.149. The molecule has 0 aliphatic carbocycles. The van der Waals surface area contributed by atoms with Gasteiger partial charge in [-0.3, -0.25) is 19.4 Å². The highest BCUT2D eigenvalue weighted by molar-refractivity contribution is 6.42. The van der Waals surface area contributed by atoms with Crippen LogP contribution < -0.4 is 10.1 Å². The number of carbonyl (C=O) groups is 2. The van der Waals surface area contributed by atoms with Crippen LogP contribution in [-0.4, -0.2) is 86.9 Å². The SMILES string of the molecule is COc1c(Cl)cc2c(c1Cl)NC(=O)C(N1CCOCC1)(N1CCOCC1)C2=O. The first-order chi connectivity index (χ1) is 13.5. The molecule has 1 aromatic carbocycles. The van der Waals surface area contributed by atoms with Crippen molar-refractivity contribution in [2.24, 2.45) is 0 Å². The fraction of sp³-hybridized carbons (Fsp3) is 0.556. The zero-order valence-electron chi connectivity index (χ0n) is 15.4. The van der Waals surface area contributed by atoms with Gasteiger partial charge in [-0.05, 0) is 6.07 Å². The first kappa shape index (κ1) is 19.9. The first-order valence-electron chi connectivity index (χ1n) is 9.09. The molecule has 1 N–H and O–H groups in total. The van der Waals surface area contributed by atoms with Crippen molar-refractivity contribution in [3.8, 4) is 5.75 Å². The fourth-order valence-electron chi connectivity index (χ4n) is 4.13. The number of halogens is 2.